The van der Waals surface area contributed by atoms with E-state index in [9.17, 15) is 14.6 Å². The lowest BCUT2D eigenvalue weighted by molar-refractivity contribution is -0.0578. The summed E-state index contributed by atoms with van der Waals surface area (Å²) in [6.07, 6.45) is -0.363. The topological polar surface area (TPSA) is 98.1 Å². The summed E-state index contributed by atoms with van der Waals surface area (Å²) in [7, 11) is -4.10. The van der Waals surface area contributed by atoms with Crippen LogP contribution in [-0.2, 0) is 4.57 Å². The lowest BCUT2D eigenvalue weighted by atomic mass is 10.2. The van der Waals surface area contributed by atoms with Crippen LogP contribution >= 0.6 is 19.2 Å². The Kier molecular flexibility index (Phi) is 5.31. The first-order valence-electron chi connectivity index (χ1n) is 5.10. The Morgan fingerprint density at radius 2 is 1.83 bits per heavy atom. The highest BCUT2D eigenvalue weighted by Gasteiger charge is 2.16. The van der Waals surface area contributed by atoms with Crippen molar-refractivity contribution in [3.8, 4) is 0 Å². The summed E-state index contributed by atoms with van der Waals surface area (Å²) in [5, 5.41) is 10.3. The molecule has 0 saturated heterocycles. The predicted octanol–water partition coefficient (Wildman–Crippen LogP) is 1.74. The molecule has 0 spiro atoms. The van der Waals surface area contributed by atoms with Gasteiger partial charge in [0.25, 0.3) is 5.91 Å². The van der Waals surface area contributed by atoms with Gasteiger partial charge in [-0.25, -0.2) is 5.06 Å². The summed E-state index contributed by atoms with van der Waals surface area (Å²) in [5.74, 6) is -0.641. The second kappa shape index (κ2) is 6.31. The van der Waals surface area contributed by atoms with Gasteiger partial charge in [-0.15, -0.1) is 0 Å². The number of rotatable bonds is 5. The Labute approximate surface area is 109 Å². The van der Waals surface area contributed by atoms with E-state index in [1.165, 1.54) is 24.3 Å². The zero-order chi connectivity index (χ0) is 13.8. The van der Waals surface area contributed by atoms with Gasteiger partial charge in [0.15, 0.2) is 0 Å². The molecule has 1 aromatic carbocycles. The van der Waals surface area contributed by atoms with Crippen LogP contribution in [0, 0.1) is 0 Å². The molecular weight excluding hydrogens is 281 g/mol. The summed E-state index contributed by atoms with van der Waals surface area (Å²) in [6, 6.07) is 5.93. The third kappa shape index (κ3) is 5.16. The minimum absolute atomic E-state index is 0.0140. The zero-order valence-electron chi connectivity index (χ0n) is 9.36. The second-order valence-corrected chi connectivity index (χ2v) is 5.89. The maximum atomic E-state index is 11.7. The molecule has 18 heavy (non-hydrogen) atoms. The van der Waals surface area contributed by atoms with E-state index in [2.05, 4.69) is 0 Å². The summed E-state index contributed by atoms with van der Waals surface area (Å²) < 4.78 is 10.6. The molecule has 0 aliphatic heterocycles. The largest absolute Gasteiger partial charge is 0.325 e. The van der Waals surface area contributed by atoms with Crippen molar-refractivity contribution in [2.45, 2.75) is 6.42 Å². The molecule has 8 heteroatoms. The summed E-state index contributed by atoms with van der Waals surface area (Å²) in [5.41, 5.74) is 0.248. The van der Waals surface area contributed by atoms with Gasteiger partial charge in [-0.2, -0.15) is 0 Å². The fourth-order valence-corrected chi connectivity index (χ4v) is 1.95. The molecule has 1 amide bonds. The molecule has 0 fully saturated rings. The van der Waals surface area contributed by atoms with Crippen molar-refractivity contribution in [2.75, 3.05) is 12.7 Å². The van der Waals surface area contributed by atoms with E-state index in [1.807, 2.05) is 0 Å². The van der Waals surface area contributed by atoms with Crippen LogP contribution in [-0.4, -0.2) is 38.7 Å². The van der Waals surface area contributed by atoms with Gasteiger partial charge >= 0.3 is 7.60 Å². The average Bonchev–Trinajstić information content (AvgIpc) is 2.27. The Bertz CT molecular complexity index is 458. The molecule has 0 aliphatic carbocycles. The molecule has 0 saturated carbocycles. The van der Waals surface area contributed by atoms with Gasteiger partial charge in [-0.05, 0) is 30.7 Å². The Hall–Kier alpha value is -0.910. The molecule has 0 atom stereocenters. The Morgan fingerprint density at radius 3 is 2.33 bits per heavy atom. The minimum atomic E-state index is -4.10. The number of hydroxylamine groups is 2. The smallest absolute Gasteiger partial charge is 0.324 e. The normalized spacial score (nSPS) is 11.3. The molecule has 0 radical (unpaired) electrons. The van der Waals surface area contributed by atoms with E-state index >= 15 is 0 Å². The molecule has 3 N–H and O–H groups in total. The lowest BCUT2D eigenvalue weighted by Crippen LogP contribution is -2.28. The van der Waals surface area contributed by atoms with E-state index in [-0.39, 0.29) is 24.7 Å². The highest BCUT2D eigenvalue weighted by Crippen LogP contribution is 2.34. The first-order chi connectivity index (χ1) is 8.29. The van der Waals surface area contributed by atoms with E-state index in [1.54, 1.807) is 0 Å². The number of nitrogens with zero attached hydrogens (tertiary/aromatic N) is 1. The Balaban J connectivity index is 2.51. The molecule has 0 unspecified atom stereocenters. The van der Waals surface area contributed by atoms with Crippen LogP contribution in [0.1, 0.15) is 16.8 Å². The van der Waals surface area contributed by atoms with Crippen molar-refractivity contribution >= 4 is 25.1 Å². The Morgan fingerprint density at radius 1 is 1.28 bits per heavy atom. The van der Waals surface area contributed by atoms with E-state index in [0.29, 0.717) is 10.1 Å². The van der Waals surface area contributed by atoms with Gasteiger partial charge in [-0.3, -0.25) is 14.6 Å². The van der Waals surface area contributed by atoms with Crippen molar-refractivity contribution in [2.24, 2.45) is 0 Å². The second-order valence-electron chi connectivity index (χ2n) is 3.68. The lowest BCUT2D eigenvalue weighted by Gasteiger charge is -2.15. The van der Waals surface area contributed by atoms with Crippen molar-refractivity contribution in [1.29, 1.82) is 0 Å². The van der Waals surface area contributed by atoms with Gasteiger partial charge in [0.1, 0.15) is 0 Å². The van der Waals surface area contributed by atoms with Gasteiger partial charge in [0.05, 0.1) is 6.16 Å². The standard InChI is InChI=1S/C10H13ClNO5P/c11-9-4-2-8(3-5-9)10(13)12(14)6-1-7-18(15,16)17/h2-5,14H,1,6-7H2,(H2,15,16,17). The summed E-state index contributed by atoms with van der Waals surface area (Å²) in [4.78, 5) is 28.9. The average molecular weight is 294 g/mol. The third-order valence-corrected chi connectivity index (χ3v) is 3.30. The fourth-order valence-electron chi connectivity index (χ4n) is 1.27. The van der Waals surface area contributed by atoms with Crippen molar-refractivity contribution in [3.63, 3.8) is 0 Å². The van der Waals surface area contributed by atoms with E-state index in [0.717, 1.165) is 0 Å². The van der Waals surface area contributed by atoms with Crippen molar-refractivity contribution < 1.29 is 24.4 Å². The molecule has 0 bridgehead atoms. The van der Waals surface area contributed by atoms with Crippen molar-refractivity contribution in [3.05, 3.63) is 34.9 Å². The molecule has 0 heterocycles. The zero-order valence-corrected chi connectivity index (χ0v) is 11.0. The van der Waals surface area contributed by atoms with E-state index in [4.69, 9.17) is 21.4 Å². The number of halogens is 1. The number of hydrogen-bond acceptors (Lipinski definition) is 3. The van der Waals surface area contributed by atoms with Crippen LogP contribution in [0.2, 0.25) is 5.02 Å². The monoisotopic (exact) mass is 293 g/mol. The number of carbonyl (C=O) groups is 1. The number of benzene rings is 1. The molecule has 100 valence electrons. The predicted molar refractivity (Wildman–Crippen MR) is 65.8 cm³/mol. The molecule has 0 aliphatic rings. The van der Waals surface area contributed by atoms with Crippen LogP contribution in [0.15, 0.2) is 24.3 Å². The van der Waals surface area contributed by atoms with Crippen LogP contribution < -0.4 is 0 Å². The highest BCUT2D eigenvalue weighted by molar-refractivity contribution is 7.51. The van der Waals surface area contributed by atoms with Crippen molar-refractivity contribution in [1.82, 2.24) is 5.06 Å². The quantitative estimate of drug-likeness (QED) is 0.436. The SMILES string of the molecule is O=C(c1ccc(Cl)cc1)N(O)CCCP(=O)(O)O. The highest BCUT2D eigenvalue weighted by atomic mass is 35.5. The first-order valence-corrected chi connectivity index (χ1v) is 7.28. The number of amides is 1. The maximum absolute atomic E-state index is 11.7. The fraction of sp³-hybridized carbons (Fsp3) is 0.300. The summed E-state index contributed by atoms with van der Waals surface area (Å²) >= 11 is 5.66. The van der Waals surface area contributed by atoms with Gasteiger partial charge in [-0.1, -0.05) is 11.6 Å². The van der Waals surface area contributed by atoms with Crippen LogP contribution in [0.5, 0.6) is 0 Å². The minimum Gasteiger partial charge on any atom is -0.324 e. The number of hydrogen-bond donors (Lipinski definition) is 3. The van der Waals surface area contributed by atoms with Gasteiger partial charge in [0, 0.05) is 17.1 Å². The van der Waals surface area contributed by atoms with Crippen LogP contribution in [0.4, 0.5) is 0 Å². The molecule has 1 rings (SSSR count). The summed E-state index contributed by atoms with van der Waals surface area (Å²) in [6.45, 7) is -0.146. The molecule has 0 aromatic heterocycles. The molecule has 6 nitrogen and oxygen atoms in total. The number of carbonyl (C=O) groups excluding carboxylic acids is 1. The third-order valence-electron chi connectivity index (χ3n) is 2.14. The maximum Gasteiger partial charge on any atom is 0.325 e. The van der Waals surface area contributed by atoms with Crippen LogP contribution in [0.3, 0.4) is 0 Å². The van der Waals surface area contributed by atoms with Gasteiger partial charge in [0.2, 0.25) is 0 Å². The van der Waals surface area contributed by atoms with Gasteiger partial charge < -0.3 is 9.79 Å². The molecule has 1 aromatic rings. The first kappa shape index (κ1) is 15.1. The van der Waals surface area contributed by atoms with Crippen LogP contribution in [0.25, 0.3) is 0 Å². The van der Waals surface area contributed by atoms with E-state index < -0.39 is 13.5 Å². The molecular formula is C10H13ClNO5P.